The Morgan fingerprint density at radius 1 is 0.458 bits per heavy atom. The summed E-state index contributed by atoms with van der Waals surface area (Å²) in [4.78, 5) is 16.0. The molecule has 0 bridgehead atoms. The van der Waals surface area contributed by atoms with Crippen molar-refractivity contribution < 1.29 is 8.98 Å². The highest BCUT2D eigenvalue weighted by Gasteiger charge is 2.54. The largest absolute Gasteiger partial charge is 0.456 e. The summed E-state index contributed by atoms with van der Waals surface area (Å²) >= 11 is 1.79. The van der Waals surface area contributed by atoms with Crippen molar-refractivity contribution in [2.75, 3.05) is 0 Å². The van der Waals surface area contributed by atoms with Gasteiger partial charge in [0.25, 0.3) is 0 Å². The number of rotatable bonds is 4. The summed E-state index contributed by atoms with van der Waals surface area (Å²) < 4.78 is 23.0. The molecule has 0 aliphatic carbocycles. The first kappa shape index (κ1) is 34.2. The lowest BCUT2D eigenvalue weighted by Gasteiger charge is -2.47. The molecule has 10 aromatic rings. The van der Waals surface area contributed by atoms with E-state index in [1.165, 1.54) is 5.56 Å². The van der Waals surface area contributed by atoms with Crippen LogP contribution in [0.5, 0.6) is 0 Å². The van der Waals surface area contributed by atoms with Crippen molar-refractivity contribution in [2.24, 2.45) is 0 Å². The number of furan rings is 1. The zero-order valence-electron chi connectivity index (χ0n) is 31.5. The molecule has 12 rings (SSSR count). The van der Waals surface area contributed by atoms with E-state index < -0.39 is 12.6 Å². The molecule has 59 heavy (non-hydrogen) atoms. The molecule has 0 saturated carbocycles. The van der Waals surface area contributed by atoms with Crippen molar-refractivity contribution >= 4 is 56.8 Å². The fourth-order valence-electron chi connectivity index (χ4n) is 9.42. The molecule has 278 valence electrons. The highest BCUT2D eigenvalue weighted by Crippen LogP contribution is 2.62. The number of fused-ring (bicyclic) bond motifs is 11. The van der Waals surface area contributed by atoms with Gasteiger partial charge in [-0.15, -0.1) is 0 Å². The second-order valence-electron chi connectivity index (χ2n) is 15.1. The fraction of sp³-hybridized carbons (Fsp3) is 0.0192. The van der Waals surface area contributed by atoms with Crippen LogP contribution in [-0.4, -0.2) is 15.0 Å². The third-order valence-electron chi connectivity index (χ3n) is 12.0. The minimum atomic E-state index is -3.42. The Bertz CT molecular complexity index is 3290. The van der Waals surface area contributed by atoms with Crippen LogP contribution in [0.25, 0.3) is 55.6 Å². The maximum absolute atomic E-state index is 16.5. The molecular weight excluding hydrogens is 762 g/mol. The summed E-state index contributed by atoms with van der Waals surface area (Å²) in [5, 5.41) is 4.51. The monoisotopic (exact) mass is 793 g/mol. The maximum atomic E-state index is 16.5. The number of hydrogen-bond donors (Lipinski definition) is 0. The van der Waals surface area contributed by atoms with E-state index in [-0.39, 0.29) is 0 Å². The minimum Gasteiger partial charge on any atom is -0.456 e. The zero-order chi connectivity index (χ0) is 39.1. The van der Waals surface area contributed by atoms with Crippen molar-refractivity contribution in [3.63, 3.8) is 0 Å². The molecule has 6 heterocycles. The van der Waals surface area contributed by atoms with E-state index in [0.29, 0.717) is 0 Å². The van der Waals surface area contributed by atoms with Crippen LogP contribution in [-0.2, 0) is 9.98 Å². The van der Waals surface area contributed by atoms with Gasteiger partial charge in [0.05, 0.1) is 16.8 Å². The summed E-state index contributed by atoms with van der Waals surface area (Å²) in [6.07, 6.45) is 7.22. The Morgan fingerprint density at radius 3 is 1.86 bits per heavy atom. The lowest BCUT2D eigenvalue weighted by atomic mass is 9.64. The lowest BCUT2D eigenvalue weighted by molar-refractivity contribution is 0.589. The normalized spacial score (nSPS) is 17.6. The van der Waals surface area contributed by atoms with E-state index in [4.69, 9.17) is 9.40 Å². The van der Waals surface area contributed by atoms with Crippen molar-refractivity contribution in [3.8, 4) is 33.6 Å². The molecule has 2 aliphatic heterocycles. The van der Waals surface area contributed by atoms with Crippen molar-refractivity contribution in [2.45, 2.75) is 15.2 Å². The Balaban J connectivity index is 1.17. The first-order valence-corrected chi connectivity index (χ1v) is 22.1. The summed E-state index contributed by atoms with van der Waals surface area (Å²) in [5.41, 5.74) is 11.0. The van der Waals surface area contributed by atoms with Crippen molar-refractivity contribution in [3.05, 3.63) is 217 Å². The van der Waals surface area contributed by atoms with Crippen LogP contribution in [0, 0.1) is 0 Å². The Kier molecular flexibility index (Phi) is 7.59. The quantitative estimate of drug-likeness (QED) is 0.165. The second-order valence-corrected chi connectivity index (χ2v) is 18.9. The van der Waals surface area contributed by atoms with Gasteiger partial charge in [-0.2, -0.15) is 0 Å². The van der Waals surface area contributed by atoms with Gasteiger partial charge in [0, 0.05) is 72.4 Å². The molecule has 0 N–H and O–H groups in total. The summed E-state index contributed by atoms with van der Waals surface area (Å²) in [6.45, 7) is 0. The van der Waals surface area contributed by atoms with Crippen LogP contribution in [0.15, 0.2) is 209 Å². The molecule has 2 aliphatic rings. The fourth-order valence-corrected chi connectivity index (χ4v) is 13.8. The van der Waals surface area contributed by atoms with Gasteiger partial charge in [-0.25, -0.2) is 4.98 Å². The van der Waals surface area contributed by atoms with Gasteiger partial charge in [0.1, 0.15) is 11.2 Å². The number of hydrogen-bond acceptors (Lipinski definition) is 6. The lowest BCUT2D eigenvalue weighted by Crippen LogP contribution is -2.48. The highest BCUT2D eigenvalue weighted by molar-refractivity contribution is 7.99. The van der Waals surface area contributed by atoms with Gasteiger partial charge < -0.3 is 8.98 Å². The number of benzene rings is 6. The molecule has 7 heteroatoms. The van der Waals surface area contributed by atoms with E-state index in [1.54, 1.807) is 36.5 Å². The van der Waals surface area contributed by atoms with E-state index in [1.807, 2.05) is 72.8 Å². The summed E-state index contributed by atoms with van der Waals surface area (Å²) in [7, 11) is -3.42. The summed E-state index contributed by atoms with van der Waals surface area (Å²) in [6, 6.07) is 59.0. The third-order valence-corrected chi connectivity index (χ3v) is 16.3. The first-order chi connectivity index (χ1) is 29.1. The predicted molar refractivity (Wildman–Crippen MR) is 239 cm³/mol. The molecule has 2 unspecified atom stereocenters. The number of aromatic nitrogens is 3. The summed E-state index contributed by atoms with van der Waals surface area (Å²) in [5.74, 6) is 0. The number of para-hydroxylation sites is 1. The van der Waals surface area contributed by atoms with Crippen LogP contribution in [0.4, 0.5) is 0 Å². The molecule has 1 spiro atoms. The molecule has 2 atom stereocenters. The maximum Gasteiger partial charge on any atom is 0.171 e. The molecule has 5 nitrogen and oxygen atoms in total. The second kappa shape index (κ2) is 13.1. The van der Waals surface area contributed by atoms with Crippen LogP contribution < -0.4 is 15.9 Å². The van der Waals surface area contributed by atoms with Gasteiger partial charge in [-0.1, -0.05) is 115 Å². The van der Waals surface area contributed by atoms with Gasteiger partial charge in [0.2, 0.25) is 0 Å². The molecule has 6 aromatic carbocycles. The smallest absolute Gasteiger partial charge is 0.171 e. The molecule has 0 saturated heterocycles. The highest BCUT2D eigenvalue weighted by atomic mass is 32.2. The average Bonchev–Trinajstić information content (AvgIpc) is 3.68. The number of pyridine rings is 3. The third kappa shape index (κ3) is 5.00. The van der Waals surface area contributed by atoms with Crippen LogP contribution in [0.2, 0.25) is 0 Å². The van der Waals surface area contributed by atoms with E-state index in [0.717, 1.165) is 98.0 Å². The van der Waals surface area contributed by atoms with Gasteiger partial charge in [-0.3, -0.25) is 9.97 Å². The van der Waals surface area contributed by atoms with Crippen LogP contribution >= 0.6 is 18.9 Å². The molecule has 0 amide bonds. The molecular formula is C52H32N3O2PS. The van der Waals surface area contributed by atoms with Gasteiger partial charge >= 0.3 is 0 Å². The van der Waals surface area contributed by atoms with E-state index in [2.05, 4.69) is 107 Å². The Morgan fingerprint density at radius 2 is 1.10 bits per heavy atom. The standard InChI is InChI=1S/C52H32N3O2PS/c56-58(37-10-2-1-3-11-37)48-16-8-5-13-40(48)52(43-31-39-38-12-4-7-15-46(38)57-47(39)32-49(43)58)41-14-6-9-17-50(41)59-51-30-35(18-19-42(51)52)36-28-44(33-20-24-53-25-21-33)55-45(29-36)34-22-26-54-27-23-34/h1-32H. The number of nitrogens with zero attached hydrogens (tertiary/aromatic N) is 3. The molecule has 0 radical (unpaired) electrons. The zero-order valence-corrected chi connectivity index (χ0v) is 33.2. The van der Waals surface area contributed by atoms with Gasteiger partial charge in [0.15, 0.2) is 7.14 Å². The van der Waals surface area contributed by atoms with Crippen LogP contribution in [0.3, 0.4) is 0 Å². The molecule has 0 fully saturated rings. The topological polar surface area (TPSA) is 68.9 Å². The average molecular weight is 794 g/mol. The Labute approximate surface area is 344 Å². The van der Waals surface area contributed by atoms with Crippen LogP contribution in [0.1, 0.15) is 22.3 Å². The first-order valence-electron chi connectivity index (χ1n) is 19.6. The molecule has 4 aromatic heterocycles. The SMILES string of the molecule is O=P1(c2ccccc2)c2ccccc2C2(c3ccccc3Sc3cc(-c4cc(-c5ccncc5)nc(-c5ccncc5)c4)ccc32)c2cc3c(cc21)oc1ccccc13. The Hall–Kier alpha value is -6.85. The van der Waals surface area contributed by atoms with Crippen molar-refractivity contribution in [1.82, 2.24) is 15.0 Å². The van der Waals surface area contributed by atoms with Crippen molar-refractivity contribution in [1.29, 1.82) is 0 Å². The van der Waals surface area contributed by atoms with E-state index >= 15 is 4.57 Å². The van der Waals surface area contributed by atoms with Gasteiger partial charge in [-0.05, 0) is 100 Å². The van der Waals surface area contributed by atoms with E-state index in [9.17, 15) is 0 Å². The predicted octanol–water partition coefficient (Wildman–Crippen LogP) is 11.6. The minimum absolute atomic E-state index is 0.734.